The Hall–Kier alpha value is -5.92. The molecule has 7 aromatic carbocycles. The molecule has 2 aliphatic rings. The SMILES string of the molecule is [2H]C([2H])([2H])C1(C)C2=C(c3ccc(/C=C/c4ccc(N(c5ccccc5)c5ccccc5)cc4)cc31)C(C)(C([2H])([2H])[2H])c1cc(-c3cccc4ccccc34)ccc12. The number of hydrogen-bond donors (Lipinski definition) is 0. The summed E-state index contributed by atoms with van der Waals surface area (Å²) in [5.74, 6) is 0. The van der Waals surface area contributed by atoms with Crippen molar-refractivity contribution >= 4 is 51.1 Å². The molecule has 51 heavy (non-hydrogen) atoms. The highest BCUT2D eigenvalue weighted by Crippen LogP contribution is 2.63. The predicted octanol–water partition coefficient (Wildman–Crippen LogP) is 13.6. The Bertz CT molecular complexity index is 2680. The molecule has 9 rings (SSSR count). The van der Waals surface area contributed by atoms with Gasteiger partial charge in [-0.2, -0.15) is 0 Å². The van der Waals surface area contributed by atoms with Crippen LogP contribution in [0.15, 0.2) is 164 Å². The number of fused-ring (bicyclic) bond motifs is 5. The van der Waals surface area contributed by atoms with Crippen LogP contribution in [0.5, 0.6) is 0 Å². The Morgan fingerprint density at radius 1 is 0.471 bits per heavy atom. The van der Waals surface area contributed by atoms with Crippen molar-refractivity contribution in [2.24, 2.45) is 0 Å². The minimum Gasteiger partial charge on any atom is -0.311 e. The maximum atomic E-state index is 9.03. The average Bonchev–Trinajstić information content (AvgIpc) is 3.65. The molecule has 0 aromatic heterocycles. The summed E-state index contributed by atoms with van der Waals surface area (Å²) in [4.78, 5) is 2.21. The molecule has 0 heterocycles. The molecule has 0 saturated carbocycles. The van der Waals surface area contributed by atoms with Gasteiger partial charge in [0.25, 0.3) is 0 Å². The molecule has 0 amide bonds. The van der Waals surface area contributed by atoms with E-state index in [0.29, 0.717) is 33.4 Å². The second-order valence-electron chi connectivity index (χ2n) is 14.0. The van der Waals surface area contributed by atoms with Crippen LogP contribution in [0.25, 0.3) is 45.2 Å². The van der Waals surface area contributed by atoms with Crippen LogP contribution < -0.4 is 4.90 Å². The van der Waals surface area contributed by atoms with Crippen LogP contribution in [-0.4, -0.2) is 0 Å². The van der Waals surface area contributed by atoms with Crippen molar-refractivity contribution in [3.05, 3.63) is 197 Å². The Kier molecular flexibility index (Phi) is 5.83. The van der Waals surface area contributed by atoms with Crippen molar-refractivity contribution in [2.75, 3.05) is 4.90 Å². The summed E-state index contributed by atoms with van der Waals surface area (Å²) < 4.78 is 54.2. The topological polar surface area (TPSA) is 3.24 Å². The van der Waals surface area contributed by atoms with Crippen molar-refractivity contribution in [2.45, 2.75) is 38.4 Å². The van der Waals surface area contributed by atoms with E-state index in [1.54, 1.807) is 13.8 Å². The van der Waals surface area contributed by atoms with Gasteiger partial charge in [-0.15, -0.1) is 0 Å². The van der Waals surface area contributed by atoms with Gasteiger partial charge in [-0.1, -0.05) is 161 Å². The number of para-hydroxylation sites is 2. The lowest BCUT2D eigenvalue weighted by Gasteiger charge is -2.28. The molecule has 2 aliphatic carbocycles. The van der Waals surface area contributed by atoms with Crippen LogP contribution in [0, 0.1) is 0 Å². The lowest BCUT2D eigenvalue weighted by molar-refractivity contribution is 0.694. The summed E-state index contributed by atoms with van der Waals surface area (Å²) in [5, 5.41) is 2.17. The van der Waals surface area contributed by atoms with Gasteiger partial charge in [-0.3, -0.25) is 0 Å². The fourth-order valence-corrected chi connectivity index (χ4v) is 8.22. The van der Waals surface area contributed by atoms with Crippen LogP contribution in [0.2, 0.25) is 0 Å². The zero-order chi connectivity index (χ0) is 39.7. The number of nitrogens with zero attached hydrogens (tertiary/aromatic N) is 1. The Morgan fingerprint density at radius 2 is 1.00 bits per heavy atom. The van der Waals surface area contributed by atoms with Crippen LogP contribution in [0.4, 0.5) is 17.1 Å². The summed E-state index contributed by atoms with van der Waals surface area (Å²) in [6.07, 6.45) is 4.03. The number of allylic oxidation sites excluding steroid dienone is 2. The number of anilines is 3. The van der Waals surface area contributed by atoms with Crippen LogP contribution in [-0.2, 0) is 10.8 Å². The van der Waals surface area contributed by atoms with Crippen LogP contribution >= 0.6 is 0 Å². The smallest absolute Gasteiger partial charge is 0.0462 e. The molecule has 1 nitrogen and oxygen atoms in total. The molecule has 0 radical (unpaired) electrons. The first-order valence-corrected chi connectivity index (χ1v) is 17.5. The lowest BCUT2D eigenvalue weighted by Crippen LogP contribution is -2.19. The van der Waals surface area contributed by atoms with Gasteiger partial charge in [-0.05, 0) is 109 Å². The quantitative estimate of drug-likeness (QED) is 0.160. The third-order valence-corrected chi connectivity index (χ3v) is 10.7. The minimum absolute atomic E-state index is 0.591. The molecule has 246 valence electrons. The normalized spacial score (nSPS) is 21.2. The second kappa shape index (κ2) is 11.9. The van der Waals surface area contributed by atoms with Crippen molar-refractivity contribution in [3.8, 4) is 11.1 Å². The van der Waals surface area contributed by atoms with Gasteiger partial charge < -0.3 is 4.90 Å². The highest BCUT2D eigenvalue weighted by atomic mass is 15.1. The van der Waals surface area contributed by atoms with E-state index >= 15 is 0 Å². The van der Waals surface area contributed by atoms with Crippen molar-refractivity contribution in [3.63, 3.8) is 0 Å². The van der Waals surface area contributed by atoms with Crippen molar-refractivity contribution in [1.82, 2.24) is 0 Å². The molecule has 0 spiro atoms. The van der Waals surface area contributed by atoms with E-state index in [2.05, 4.69) is 77.7 Å². The zero-order valence-electron chi connectivity index (χ0n) is 34.7. The molecule has 0 aliphatic heterocycles. The molecule has 1 heteroatoms. The average molecular weight is 662 g/mol. The van der Waals surface area contributed by atoms with Gasteiger partial charge in [0.05, 0.1) is 0 Å². The monoisotopic (exact) mass is 661 g/mol. The fourth-order valence-electron chi connectivity index (χ4n) is 8.22. The molecule has 2 atom stereocenters. The summed E-state index contributed by atoms with van der Waals surface area (Å²) in [6.45, 7) is -1.38. The summed E-state index contributed by atoms with van der Waals surface area (Å²) in [5.41, 5.74) is 7.84. The third kappa shape index (κ3) is 5.07. The molecule has 0 saturated heterocycles. The van der Waals surface area contributed by atoms with E-state index in [1.165, 1.54) is 0 Å². The second-order valence-corrected chi connectivity index (χ2v) is 14.0. The number of hydrogen-bond acceptors (Lipinski definition) is 1. The highest BCUT2D eigenvalue weighted by molar-refractivity contribution is 6.10. The van der Waals surface area contributed by atoms with E-state index in [0.717, 1.165) is 50.1 Å². The highest BCUT2D eigenvalue weighted by Gasteiger charge is 2.49. The molecule has 0 fully saturated rings. The van der Waals surface area contributed by atoms with Gasteiger partial charge in [-0.25, -0.2) is 0 Å². The predicted molar refractivity (Wildman–Crippen MR) is 219 cm³/mol. The lowest BCUT2D eigenvalue weighted by atomic mass is 9.75. The van der Waals surface area contributed by atoms with Crippen molar-refractivity contribution < 1.29 is 8.22 Å². The number of benzene rings is 7. The Balaban J connectivity index is 1.10. The summed E-state index contributed by atoms with van der Waals surface area (Å²) in [7, 11) is 0. The summed E-state index contributed by atoms with van der Waals surface area (Å²) in [6, 6.07) is 55.0. The largest absolute Gasteiger partial charge is 0.311 e. The standard InChI is InChI=1S/C50H41N/c1-49(2)45-32-35(23-22-34-24-28-40(29-25-34)51(38-16-7-5-8-17-38)39-18-9-6-10-19-39)26-30-43(45)47-48(49)44-31-27-37(33-46(44)50(47,3)4)42-21-13-15-36-14-11-12-20-41(36)42/h5-33H,1-4H3/b23-22+/i1D3,3D3. The van der Waals surface area contributed by atoms with Crippen LogP contribution in [0.1, 0.15) is 69.2 Å². The molecular weight excluding hydrogens is 615 g/mol. The first kappa shape index (κ1) is 25.1. The first-order valence-electron chi connectivity index (χ1n) is 20.5. The molecular formula is C50H41N. The molecule has 2 unspecified atom stereocenters. The van der Waals surface area contributed by atoms with Gasteiger partial charge in [0.1, 0.15) is 0 Å². The van der Waals surface area contributed by atoms with E-state index in [9.17, 15) is 0 Å². The maximum absolute atomic E-state index is 9.03. The first-order chi connectivity index (χ1) is 27.3. The summed E-state index contributed by atoms with van der Waals surface area (Å²) >= 11 is 0. The third-order valence-electron chi connectivity index (χ3n) is 10.7. The van der Waals surface area contributed by atoms with E-state index in [1.807, 2.05) is 103 Å². The van der Waals surface area contributed by atoms with Crippen molar-refractivity contribution in [1.29, 1.82) is 0 Å². The molecule has 7 aromatic rings. The number of rotatable bonds is 6. The van der Waals surface area contributed by atoms with E-state index in [4.69, 9.17) is 8.22 Å². The van der Waals surface area contributed by atoms with Gasteiger partial charge >= 0.3 is 0 Å². The van der Waals surface area contributed by atoms with Crippen LogP contribution in [0.3, 0.4) is 0 Å². The van der Waals surface area contributed by atoms with Gasteiger partial charge in [0.2, 0.25) is 0 Å². The minimum atomic E-state index is -2.47. The zero-order valence-corrected chi connectivity index (χ0v) is 28.7. The van der Waals surface area contributed by atoms with E-state index in [-0.39, 0.29) is 0 Å². The maximum Gasteiger partial charge on any atom is 0.0462 e. The molecule has 0 bridgehead atoms. The van der Waals surface area contributed by atoms with Gasteiger partial charge in [0, 0.05) is 36.1 Å². The Labute approximate surface area is 310 Å². The van der Waals surface area contributed by atoms with E-state index < -0.39 is 24.5 Å². The van der Waals surface area contributed by atoms with Gasteiger partial charge in [0.15, 0.2) is 0 Å². The molecule has 0 N–H and O–H groups in total. The fraction of sp³-hybridized carbons (Fsp3) is 0.120. The Morgan fingerprint density at radius 3 is 1.67 bits per heavy atom.